The molecule has 4 rings (SSSR count). The van der Waals surface area contributed by atoms with Gasteiger partial charge in [-0.15, -0.1) is 5.10 Å². The van der Waals surface area contributed by atoms with E-state index in [0.29, 0.717) is 0 Å². The summed E-state index contributed by atoms with van der Waals surface area (Å²) in [5, 5.41) is 11.6. The van der Waals surface area contributed by atoms with Gasteiger partial charge in [0.1, 0.15) is 5.69 Å². The Labute approximate surface area is 172 Å². The van der Waals surface area contributed by atoms with Crippen LogP contribution < -0.4 is 10.2 Å². The average molecular weight is 398 g/mol. The zero-order chi connectivity index (χ0) is 20.4. The van der Waals surface area contributed by atoms with Crippen molar-refractivity contribution in [2.45, 2.75) is 52.7 Å². The number of benzene rings is 1. The number of nitrogens with zero attached hydrogens (tertiary/aromatic N) is 4. The summed E-state index contributed by atoms with van der Waals surface area (Å²) in [4.78, 5) is 13.5. The molecule has 2 aliphatic rings. The molecule has 7 nitrogen and oxygen atoms in total. The lowest BCUT2D eigenvalue weighted by Crippen LogP contribution is -2.59. The van der Waals surface area contributed by atoms with Crippen LogP contribution in [-0.2, 0) is 16.1 Å². The second-order valence-corrected chi connectivity index (χ2v) is 8.89. The summed E-state index contributed by atoms with van der Waals surface area (Å²) in [7, 11) is 0. The second kappa shape index (κ2) is 8.14. The molecule has 1 aromatic heterocycles. The Kier molecular flexibility index (Phi) is 5.58. The highest BCUT2D eigenvalue weighted by atomic mass is 16.5. The van der Waals surface area contributed by atoms with Gasteiger partial charge in [0.05, 0.1) is 18.8 Å². The van der Waals surface area contributed by atoms with Crippen molar-refractivity contribution in [2.75, 3.05) is 31.1 Å². The second-order valence-electron chi connectivity index (χ2n) is 8.89. The van der Waals surface area contributed by atoms with Gasteiger partial charge in [-0.05, 0) is 43.9 Å². The van der Waals surface area contributed by atoms with Gasteiger partial charge < -0.3 is 15.0 Å². The highest BCUT2D eigenvalue weighted by Crippen LogP contribution is 2.35. The van der Waals surface area contributed by atoms with E-state index in [1.54, 1.807) is 6.92 Å². The largest absolute Gasteiger partial charge is 0.376 e. The normalized spacial score (nSPS) is 20.9. The molecule has 0 bridgehead atoms. The summed E-state index contributed by atoms with van der Waals surface area (Å²) in [5.41, 5.74) is 4.57. The predicted octanol–water partition coefficient (Wildman–Crippen LogP) is 2.79. The molecule has 1 atom stereocenters. The molecule has 0 saturated carbocycles. The van der Waals surface area contributed by atoms with Crippen LogP contribution in [0.15, 0.2) is 24.4 Å². The molecule has 0 spiro atoms. The molecule has 0 radical (unpaired) electrons. The number of aryl methyl sites for hydroxylation is 1. The van der Waals surface area contributed by atoms with Crippen LogP contribution in [0.1, 0.15) is 38.7 Å². The summed E-state index contributed by atoms with van der Waals surface area (Å²) in [6.07, 6.45) is 5.76. The first-order chi connectivity index (χ1) is 13.9. The van der Waals surface area contributed by atoms with Crippen LogP contribution in [-0.4, -0.2) is 53.2 Å². The lowest BCUT2D eigenvalue weighted by Gasteiger charge is -2.49. The van der Waals surface area contributed by atoms with E-state index in [1.165, 1.54) is 17.7 Å². The lowest BCUT2D eigenvalue weighted by atomic mass is 9.81. The monoisotopic (exact) mass is 397 g/mol. The number of ether oxygens (including phenoxy) is 1. The maximum absolute atomic E-state index is 11.2. The Hall–Kier alpha value is -2.41. The van der Waals surface area contributed by atoms with E-state index in [-0.39, 0.29) is 17.4 Å². The van der Waals surface area contributed by atoms with Gasteiger partial charge in [0.25, 0.3) is 0 Å². The molecule has 156 valence electrons. The van der Waals surface area contributed by atoms with Gasteiger partial charge in [0.15, 0.2) is 0 Å². The van der Waals surface area contributed by atoms with Crippen molar-refractivity contribution in [2.24, 2.45) is 5.41 Å². The molecule has 2 saturated heterocycles. The van der Waals surface area contributed by atoms with E-state index in [1.807, 2.05) is 10.9 Å². The van der Waals surface area contributed by atoms with Gasteiger partial charge >= 0.3 is 0 Å². The minimum absolute atomic E-state index is 0.0352. The SMILES string of the molecule is CC(=O)NCC1(C)CN(c2ccc(-c3cn(CC4CCCCO4)nn3)c(C)c2)C1. The van der Waals surface area contributed by atoms with Gasteiger partial charge in [-0.3, -0.25) is 4.79 Å². The van der Waals surface area contributed by atoms with E-state index in [4.69, 9.17) is 4.74 Å². The van der Waals surface area contributed by atoms with E-state index >= 15 is 0 Å². The third-order valence-electron chi connectivity index (χ3n) is 5.96. The van der Waals surface area contributed by atoms with Crippen molar-refractivity contribution in [3.05, 3.63) is 30.0 Å². The van der Waals surface area contributed by atoms with Crippen molar-refractivity contribution in [1.29, 1.82) is 0 Å². The fourth-order valence-corrected chi connectivity index (χ4v) is 4.31. The van der Waals surface area contributed by atoms with Gasteiger partial charge in [0.2, 0.25) is 5.91 Å². The number of amides is 1. The predicted molar refractivity (Wildman–Crippen MR) is 113 cm³/mol. The quantitative estimate of drug-likeness (QED) is 0.812. The number of carbonyl (C=O) groups is 1. The Balaban J connectivity index is 1.39. The van der Waals surface area contributed by atoms with Crippen LogP contribution >= 0.6 is 0 Å². The molecule has 1 unspecified atom stereocenters. The van der Waals surface area contributed by atoms with Crippen LogP contribution in [0.5, 0.6) is 0 Å². The van der Waals surface area contributed by atoms with E-state index < -0.39 is 0 Å². The third kappa shape index (κ3) is 4.61. The summed E-state index contributed by atoms with van der Waals surface area (Å²) < 4.78 is 7.72. The topological polar surface area (TPSA) is 72.3 Å². The zero-order valence-corrected chi connectivity index (χ0v) is 17.6. The standard InChI is InChI=1S/C22H31N5O2/c1-16-10-18(26-14-22(3,15-26)13-23-17(2)28)7-8-20(16)21-12-27(25-24-21)11-19-6-4-5-9-29-19/h7-8,10,12,19H,4-6,9,11,13-15H2,1-3H3,(H,23,28). The molecule has 2 aromatic rings. The highest BCUT2D eigenvalue weighted by Gasteiger charge is 2.38. The van der Waals surface area contributed by atoms with Crippen molar-refractivity contribution in [3.8, 4) is 11.3 Å². The van der Waals surface area contributed by atoms with Crippen LogP contribution in [0.4, 0.5) is 5.69 Å². The van der Waals surface area contributed by atoms with E-state index in [0.717, 1.165) is 56.9 Å². The smallest absolute Gasteiger partial charge is 0.216 e. The molecular weight excluding hydrogens is 366 g/mol. The number of nitrogens with one attached hydrogen (secondary N) is 1. The fraction of sp³-hybridized carbons (Fsp3) is 0.591. The minimum atomic E-state index is 0.0352. The number of hydrogen-bond acceptors (Lipinski definition) is 5. The lowest BCUT2D eigenvalue weighted by molar-refractivity contribution is -0.119. The molecule has 1 aromatic carbocycles. The molecule has 0 aliphatic carbocycles. The summed E-state index contributed by atoms with van der Waals surface area (Å²) in [6, 6.07) is 6.51. The van der Waals surface area contributed by atoms with Crippen LogP contribution in [0.3, 0.4) is 0 Å². The molecule has 1 amide bonds. The van der Waals surface area contributed by atoms with Crippen LogP contribution in [0.25, 0.3) is 11.3 Å². The maximum Gasteiger partial charge on any atom is 0.216 e. The van der Waals surface area contributed by atoms with Gasteiger partial charge in [-0.1, -0.05) is 18.2 Å². The molecule has 7 heteroatoms. The Morgan fingerprint density at radius 2 is 2.17 bits per heavy atom. The molecule has 29 heavy (non-hydrogen) atoms. The molecule has 1 N–H and O–H groups in total. The van der Waals surface area contributed by atoms with Crippen molar-refractivity contribution < 1.29 is 9.53 Å². The van der Waals surface area contributed by atoms with E-state index in [2.05, 4.69) is 52.6 Å². The first-order valence-electron chi connectivity index (χ1n) is 10.5. The maximum atomic E-state index is 11.2. The third-order valence-corrected chi connectivity index (χ3v) is 5.96. The molecule has 3 heterocycles. The Bertz CT molecular complexity index is 866. The number of carbonyl (C=O) groups excluding carboxylic acids is 1. The van der Waals surface area contributed by atoms with Crippen molar-refractivity contribution >= 4 is 11.6 Å². The van der Waals surface area contributed by atoms with Gasteiger partial charge in [0, 0.05) is 49.8 Å². The van der Waals surface area contributed by atoms with E-state index in [9.17, 15) is 4.79 Å². The van der Waals surface area contributed by atoms with Crippen molar-refractivity contribution in [1.82, 2.24) is 20.3 Å². The molecular formula is C22H31N5O2. The minimum Gasteiger partial charge on any atom is -0.376 e. The number of hydrogen-bond donors (Lipinski definition) is 1. The van der Waals surface area contributed by atoms with Crippen LogP contribution in [0.2, 0.25) is 0 Å². The number of rotatable bonds is 6. The zero-order valence-electron chi connectivity index (χ0n) is 17.6. The van der Waals surface area contributed by atoms with Crippen LogP contribution in [0, 0.1) is 12.3 Å². The van der Waals surface area contributed by atoms with Crippen molar-refractivity contribution in [3.63, 3.8) is 0 Å². The first kappa shape index (κ1) is 19.9. The Morgan fingerprint density at radius 1 is 1.34 bits per heavy atom. The van der Waals surface area contributed by atoms with Gasteiger partial charge in [-0.25, -0.2) is 4.68 Å². The van der Waals surface area contributed by atoms with Gasteiger partial charge in [-0.2, -0.15) is 0 Å². The molecule has 2 fully saturated rings. The highest BCUT2D eigenvalue weighted by molar-refractivity contribution is 5.73. The number of anilines is 1. The first-order valence-corrected chi connectivity index (χ1v) is 10.5. The fourth-order valence-electron chi connectivity index (χ4n) is 4.31. The average Bonchev–Trinajstić information content (AvgIpc) is 3.13. The summed E-state index contributed by atoms with van der Waals surface area (Å²) in [5.74, 6) is 0.0352. The number of aromatic nitrogens is 3. The summed E-state index contributed by atoms with van der Waals surface area (Å²) in [6.45, 7) is 10.2. The Morgan fingerprint density at radius 3 is 2.86 bits per heavy atom. The summed E-state index contributed by atoms with van der Waals surface area (Å²) >= 11 is 0. The molecule has 2 aliphatic heterocycles.